The molecule has 90 valence electrons. The molecule has 0 fully saturated rings. The van der Waals surface area contributed by atoms with Crippen LogP contribution in [0.5, 0.6) is 0 Å². The molecule has 0 atom stereocenters. The molecule has 0 saturated carbocycles. The Morgan fingerprint density at radius 3 is 2.07 bits per heavy atom. The van der Waals surface area contributed by atoms with Crippen LogP contribution in [0.2, 0.25) is 0 Å². The lowest BCUT2D eigenvalue weighted by Crippen LogP contribution is -2.23. The molecule has 0 aliphatic heterocycles. The molecule has 0 amide bonds. The molecule has 0 heterocycles. The second-order valence-corrected chi connectivity index (χ2v) is 4.11. The highest BCUT2D eigenvalue weighted by atomic mass is 15.1. The van der Waals surface area contributed by atoms with Crippen molar-refractivity contribution < 1.29 is 0 Å². The molecule has 0 radical (unpaired) electrons. The summed E-state index contributed by atoms with van der Waals surface area (Å²) in [5.41, 5.74) is 0. The molecule has 1 nitrogen and oxygen atoms in total. The summed E-state index contributed by atoms with van der Waals surface area (Å²) in [5, 5.41) is 0. The largest absolute Gasteiger partial charge is 0.304 e. The molecule has 0 aromatic carbocycles. The average molecular weight is 211 g/mol. The predicted molar refractivity (Wildman–Crippen MR) is 70.3 cm³/mol. The van der Waals surface area contributed by atoms with Crippen LogP contribution in [0, 0.1) is 0 Å². The Labute approximate surface area is 96.6 Å². The van der Waals surface area contributed by atoms with E-state index in [9.17, 15) is 0 Å². The Hall–Kier alpha value is -0.300. The number of rotatable bonds is 10. The number of nitrogens with zero attached hydrogens (tertiary/aromatic N) is 1. The highest BCUT2D eigenvalue weighted by Gasteiger charge is 1.97. The summed E-state index contributed by atoms with van der Waals surface area (Å²) < 4.78 is 0. The van der Waals surface area contributed by atoms with E-state index >= 15 is 0 Å². The lowest BCUT2D eigenvalue weighted by molar-refractivity contribution is 0.295. The van der Waals surface area contributed by atoms with E-state index in [1.54, 1.807) is 0 Å². The monoisotopic (exact) mass is 211 g/mol. The van der Waals surface area contributed by atoms with Crippen LogP contribution in [-0.4, -0.2) is 24.5 Å². The molecule has 1 heteroatoms. The number of allylic oxidation sites excluding steroid dienone is 2. The fourth-order valence-electron chi connectivity index (χ4n) is 1.78. The summed E-state index contributed by atoms with van der Waals surface area (Å²) in [7, 11) is 0. The van der Waals surface area contributed by atoms with E-state index < -0.39 is 0 Å². The topological polar surface area (TPSA) is 3.24 Å². The Morgan fingerprint density at radius 2 is 1.47 bits per heavy atom. The van der Waals surface area contributed by atoms with Gasteiger partial charge in [-0.25, -0.2) is 0 Å². The molecule has 0 saturated heterocycles. The molecule has 0 aliphatic rings. The zero-order valence-electron chi connectivity index (χ0n) is 11.0. The van der Waals surface area contributed by atoms with Crippen molar-refractivity contribution in [2.45, 2.75) is 59.3 Å². The quantitative estimate of drug-likeness (QED) is 0.386. The summed E-state index contributed by atoms with van der Waals surface area (Å²) in [6.45, 7) is 10.4. The van der Waals surface area contributed by atoms with Gasteiger partial charge in [0.25, 0.3) is 0 Å². The van der Waals surface area contributed by atoms with Gasteiger partial charge in [-0.2, -0.15) is 0 Å². The molecule has 0 aliphatic carbocycles. The van der Waals surface area contributed by atoms with Crippen molar-refractivity contribution in [2.75, 3.05) is 19.6 Å². The predicted octanol–water partition coefficient (Wildman–Crippen LogP) is 4.24. The van der Waals surface area contributed by atoms with Gasteiger partial charge in [0.15, 0.2) is 0 Å². The van der Waals surface area contributed by atoms with Gasteiger partial charge in [0.05, 0.1) is 0 Å². The molecule has 0 N–H and O–H groups in total. The van der Waals surface area contributed by atoms with Gasteiger partial charge >= 0.3 is 0 Å². The van der Waals surface area contributed by atoms with Gasteiger partial charge < -0.3 is 4.90 Å². The van der Waals surface area contributed by atoms with Gasteiger partial charge in [0.2, 0.25) is 0 Å². The van der Waals surface area contributed by atoms with Crippen molar-refractivity contribution in [1.29, 1.82) is 0 Å². The maximum atomic E-state index is 2.51. The highest BCUT2D eigenvalue weighted by molar-refractivity contribution is 4.79. The second kappa shape index (κ2) is 11.8. The molecule has 0 rings (SSSR count). The first-order valence-electron chi connectivity index (χ1n) is 6.72. The minimum atomic E-state index is 1.18. The Bertz CT molecular complexity index is 136. The second-order valence-electron chi connectivity index (χ2n) is 4.11. The molecule has 0 bridgehead atoms. The van der Waals surface area contributed by atoms with Crippen LogP contribution in [0.1, 0.15) is 59.3 Å². The van der Waals surface area contributed by atoms with Gasteiger partial charge in [-0.05, 0) is 45.3 Å². The third kappa shape index (κ3) is 9.99. The van der Waals surface area contributed by atoms with Gasteiger partial charge in [-0.15, -0.1) is 0 Å². The zero-order chi connectivity index (χ0) is 11.4. The van der Waals surface area contributed by atoms with Crippen molar-refractivity contribution >= 4 is 0 Å². The van der Waals surface area contributed by atoms with Crippen LogP contribution in [0.15, 0.2) is 12.2 Å². The molecular weight excluding hydrogens is 182 g/mol. The highest BCUT2D eigenvalue weighted by Crippen LogP contribution is 2.05. The molecule has 0 unspecified atom stereocenters. The zero-order valence-corrected chi connectivity index (χ0v) is 11.0. The van der Waals surface area contributed by atoms with Gasteiger partial charge in [-0.1, -0.05) is 45.8 Å². The van der Waals surface area contributed by atoms with Crippen molar-refractivity contribution in [3.05, 3.63) is 12.2 Å². The lowest BCUT2D eigenvalue weighted by atomic mass is 10.1. The Kier molecular flexibility index (Phi) is 11.5. The smallest absolute Gasteiger partial charge is 0.00190 e. The minimum Gasteiger partial charge on any atom is -0.304 e. The first kappa shape index (κ1) is 14.7. The average Bonchev–Trinajstić information content (AvgIpc) is 2.27. The van der Waals surface area contributed by atoms with Crippen LogP contribution in [0.25, 0.3) is 0 Å². The van der Waals surface area contributed by atoms with Crippen molar-refractivity contribution in [1.82, 2.24) is 4.90 Å². The molecular formula is C14H29N. The fourth-order valence-corrected chi connectivity index (χ4v) is 1.78. The first-order valence-corrected chi connectivity index (χ1v) is 6.72. The molecule has 0 aromatic rings. The van der Waals surface area contributed by atoms with E-state index in [0.29, 0.717) is 0 Å². The summed E-state index contributed by atoms with van der Waals surface area (Å²) in [6, 6.07) is 0. The van der Waals surface area contributed by atoms with Crippen LogP contribution in [-0.2, 0) is 0 Å². The minimum absolute atomic E-state index is 1.18. The Balaban J connectivity index is 3.13. The normalized spacial score (nSPS) is 11.7. The van der Waals surface area contributed by atoms with Crippen LogP contribution >= 0.6 is 0 Å². The standard InChI is InChI=1S/C14H29N/c1-4-7-8-9-10-11-12-13-14-15(5-2)6-3/h7-8H,4-6,9-14H2,1-3H3. The molecule has 15 heavy (non-hydrogen) atoms. The summed E-state index contributed by atoms with van der Waals surface area (Å²) in [4.78, 5) is 2.51. The third-order valence-corrected chi connectivity index (χ3v) is 2.89. The van der Waals surface area contributed by atoms with E-state index in [0.717, 1.165) is 0 Å². The van der Waals surface area contributed by atoms with E-state index in [1.807, 2.05) is 0 Å². The number of unbranched alkanes of at least 4 members (excludes halogenated alkanes) is 4. The van der Waals surface area contributed by atoms with E-state index in [-0.39, 0.29) is 0 Å². The summed E-state index contributed by atoms with van der Waals surface area (Å²) in [6.07, 6.45) is 12.6. The van der Waals surface area contributed by atoms with Crippen LogP contribution in [0.3, 0.4) is 0 Å². The molecule has 0 aromatic heterocycles. The number of hydrogen-bond donors (Lipinski definition) is 0. The van der Waals surface area contributed by atoms with E-state index in [1.165, 1.54) is 58.2 Å². The van der Waals surface area contributed by atoms with Crippen molar-refractivity contribution in [2.24, 2.45) is 0 Å². The fraction of sp³-hybridized carbons (Fsp3) is 0.857. The van der Waals surface area contributed by atoms with Crippen LogP contribution in [0.4, 0.5) is 0 Å². The SMILES string of the molecule is CCC=CCCCCCCN(CC)CC. The number of hydrogen-bond acceptors (Lipinski definition) is 1. The van der Waals surface area contributed by atoms with Gasteiger partial charge in [0.1, 0.15) is 0 Å². The van der Waals surface area contributed by atoms with Gasteiger partial charge in [0, 0.05) is 0 Å². The maximum Gasteiger partial charge on any atom is -0.00190 e. The Morgan fingerprint density at radius 1 is 0.800 bits per heavy atom. The van der Waals surface area contributed by atoms with Crippen molar-refractivity contribution in [3.8, 4) is 0 Å². The summed E-state index contributed by atoms with van der Waals surface area (Å²) >= 11 is 0. The maximum absolute atomic E-state index is 2.51. The first-order chi connectivity index (χ1) is 7.35. The lowest BCUT2D eigenvalue weighted by Gasteiger charge is -2.17. The van der Waals surface area contributed by atoms with E-state index in [2.05, 4.69) is 37.8 Å². The summed E-state index contributed by atoms with van der Waals surface area (Å²) in [5.74, 6) is 0. The van der Waals surface area contributed by atoms with Gasteiger partial charge in [-0.3, -0.25) is 0 Å². The third-order valence-electron chi connectivity index (χ3n) is 2.89. The molecule has 0 spiro atoms. The van der Waals surface area contributed by atoms with E-state index in [4.69, 9.17) is 0 Å². The van der Waals surface area contributed by atoms with Crippen molar-refractivity contribution in [3.63, 3.8) is 0 Å². The van der Waals surface area contributed by atoms with Crippen LogP contribution < -0.4 is 0 Å².